The van der Waals surface area contributed by atoms with Gasteiger partial charge in [-0.1, -0.05) is 54.3 Å². The lowest BCUT2D eigenvalue weighted by Gasteiger charge is -2.35. The number of fused-ring (bicyclic) bond motifs is 5. The topological polar surface area (TPSA) is 82.7 Å². The van der Waals surface area contributed by atoms with Crippen molar-refractivity contribution in [2.45, 2.75) is 68.5 Å². The number of carbonyl (C=O) groups is 2. The summed E-state index contributed by atoms with van der Waals surface area (Å²) in [7, 11) is 1.23. The third-order valence-electron chi connectivity index (χ3n) is 9.34. The Morgan fingerprint density at radius 3 is 2.63 bits per heavy atom. The Hall–Kier alpha value is -4.26. The molecule has 2 bridgehead atoms. The van der Waals surface area contributed by atoms with Crippen molar-refractivity contribution < 1.29 is 23.1 Å². The highest BCUT2D eigenvalue weighted by atomic mass is 19.1. The van der Waals surface area contributed by atoms with Crippen molar-refractivity contribution in [1.29, 1.82) is 0 Å². The number of benzene rings is 3. The average molecular weight is 627 g/mol. The van der Waals surface area contributed by atoms with Gasteiger partial charge in [-0.2, -0.15) is 0 Å². The van der Waals surface area contributed by atoms with E-state index in [9.17, 15) is 14.0 Å². The van der Waals surface area contributed by atoms with Crippen LogP contribution in [0.2, 0.25) is 0 Å². The van der Waals surface area contributed by atoms with Gasteiger partial charge >= 0.3 is 6.09 Å². The highest BCUT2D eigenvalue weighted by Gasteiger charge is 2.35. The summed E-state index contributed by atoms with van der Waals surface area (Å²) in [6.45, 7) is 2.41. The first-order valence-electron chi connectivity index (χ1n) is 16.1. The lowest BCUT2D eigenvalue weighted by Crippen LogP contribution is -2.49. The van der Waals surface area contributed by atoms with Crippen LogP contribution in [-0.2, 0) is 16.0 Å². The number of amides is 2. The third-order valence-corrected chi connectivity index (χ3v) is 9.34. The van der Waals surface area contributed by atoms with Crippen LogP contribution in [0.3, 0.4) is 0 Å². The minimum absolute atomic E-state index is 0.177. The molecule has 7 rings (SSSR count). The van der Waals surface area contributed by atoms with E-state index in [2.05, 4.69) is 44.8 Å². The molecular formula is C37H40F2N4O3. The van der Waals surface area contributed by atoms with Gasteiger partial charge in [0.15, 0.2) is 0 Å². The van der Waals surface area contributed by atoms with E-state index in [1.165, 1.54) is 25.3 Å². The highest BCUT2D eigenvalue weighted by Crippen LogP contribution is 2.41. The van der Waals surface area contributed by atoms with Gasteiger partial charge in [0.1, 0.15) is 17.7 Å². The quantitative estimate of drug-likeness (QED) is 0.251. The number of nitrogens with one attached hydrogen (secondary N) is 3. The van der Waals surface area contributed by atoms with Gasteiger partial charge in [-0.3, -0.25) is 9.69 Å². The summed E-state index contributed by atoms with van der Waals surface area (Å²) in [6.07, 6.45) is 4.57. The zero-order chi connectivity index (χ0) is 32.0. The number of rotatable bonds is 10. The summed E-state index contributed by atoms with van der Waals surface area (Å²) >= 11 is 0. The number of hydrogen-bond acceptors (Lipinski definition) is 5. The van der Waals surface area contributed by atoms with E-state index in [1.54, 1.807) is 24.3 Å². The van der Waals surface area contributed by atoms with Crippen LogP contribution >= 0.6 is 0 Å². The Labute approximate surface area is 269 Å². The molecule has 0 aromatic heterocycles. The maximum atomic E-state index is 15.4. The summed E-state index contributed by atoms with van der Waals surface area (Å²) in [5.41, 5.74) is 3.35. The molecule has 1 saturated heterocycles. The van der Waals surface area contributed by atoms with E-state index >= 15 is 4.39 Å². The highest BCUT2D eigenvalue weighted by molar-refractivity contribution is 5.98. The van der Waals surface area contributed by atoms with Gasteiger partial charge in [0.05, 0.1) is 19.7 Å². The van der Waals surface area contributed by atoms with Crippen LogP contribution < -0.4 is 16.0 Å². The predicted molar refractivity (Wildman–Crippen MR) is 174 cm³/mol. The van der Waals surface area contributed by atoms with Crippen LogP contribution in [-0.4, -0.2) is 61.8 Å². The van der Waals surface area contributed by atoms with Crippen LogP contribution in [0.15, 0.2) is 66.7 Å². The van der Waals surface area contributed by atoms with Crippen molar-refractivity contribution in [2.24, 2.45) is 0 Å². The minimum atomic E-state index is -1.15. The van der Waals surface area contributed by atoms with Crippen molar-refractivity contribution in [1.82, 2.24) is 15.5 Å². The fourth-order valence-electron chi connectivity index (χ4n) is 6.68. The van der Waals surface area contributed by atoms with Gasteiger partial charge in [0.25, 0.3) is 0 Å². The molecule has 7 nitrogen and oxygen atoms in total. The second kappa shape index (κ2) is 14.4. The normalized spacial score (nSPS) is 21.8. The molecule has 3 aromatic carbocycles. The lowest BCUT2D eigenvalue weighted by atomic mass is 9.83. The van der Waals surface area contributed by atoms with Gasteiger partial charge in [-0.05, 0) is 91.9 Å². The molecule has 2 fully saturated rings. The number of nitrogens with zero attached hydrogens (tertiary/aromatic N) is 1. The van der Waals surface area contributed by atoms with Crippen molar-refractivity contribution in [3.05, 3.63) is 101 Å². The maximum absolute atomic E-state index is 15.4. The molecule has 4 aliphatic rings. The zero-order valence-corrected chi connectivity index (χ0v) is 26.0. The van der Waals surface area contributed by atoms with Crippen molar-refractivity contribution in [3.63, 3.8) is 0 Å². The van der Waals surface area contributed by atoms with Crippen LogP contribution in [0.5, 0.6) is 0 Å². The van der Waals surface area contributed by atoms with Crippen LogP contribution in [0.1, 0.15) is 66.2 Å². The van der Waals surface area contributed by atoms with E-state index in [-0.39, 0.29) is 12.1 Å². The fraction of sp³-hybridized carbons (Fsp3) is 0.405. The summed E-state index contributed by atoms with van der Waals surface area (Å²) in [5, 5.41) is 9.22. The molecule has 3 N–H and O–H groups in total. The largest absolute Gasteiger partial charge is 0.453 e. The smallest absolute Gasteiger partial charge is 0.407 e. The van der Waals surface area contributed by atoms with Gasteiger partial charge in [-0.15, -0.1) is 0 Å². The molecule has 0 radical (unpaired) electrons. The molecule has 3 aliphatic heterocycles. The van der Waals surface area contributed by atoms with Crippen molar-refractivity contribution >= 4 is 17.7 Å². The first-order valence-corrected chi connectivity index (χ1v) is 16.1. The molecule has 5 atom stereocenters. The molecule has 3 heterocycles. The summed E-state index contributed by atoms with van der Waals surface area (Å²) in [5.74, 6) is 4.99. The minimum Gasteiger partial charge on any atom is -0.453 e. The van der Waals surface area contributed by atoms with Crippen LogP contribution in [0.4, 0.5) is 19.3 Å². The second-order valence-corrected chi connectivity index (χ2v) is 12.4. The molecule has 9 heteroatoms. The number of methoxy groups -OCH3 is 1. The number of halogens is 2. The van der Waals surface area contributed by atoms with E-state index < -0.39 is 35.6 Å². The van der Waals surface area contributed by atoms with Crippen LogP contribution in [0, 0.1) is 23.5 Å². The van der Waals surface area contributed by atoms with Gasteiger partial charge in [0.2, 0.25) is 5.91 Å². The number of alkyl carbamates (subject to hydrolysis) is 1. The van der Waals surface area contributed by atoms with E-state index in [0.717, 1.165) is 49.9 Å². The molecule has 3 unspecified atom stereocenters. The fourth-order valence-corrected chi connectivity index (χ4v) is 6.68. The molecule has 0 spiro atoms. The van der Waals surface area contributed by atoms with Gasteiger partial charge in [-0.25, -0.2) is 13.6 Å². The SMILES string of the molecule is COC(=O)N[C@H](C(=O)Nc1cccc(F)c1CCC1CNC2C#CCN1CCC2)[C@@H](c1ccc(F)cc1)c1cccc(C2CC2)c1. The Balaban J connectivity index is 1.29. The lowest BCUT2D eigenvalue weighted by molar-refractivity contribution is -0.118. The summed E-state index contributed by atoms with van der Waals surface area (Å²) in [4.78, 5) is 29.3. The maximum Gasteiger partial charge on any atom is 0.407 e. The molecule has 1 aliphatic carbocycles. The summed E-state index contributed by atoms with van der Waals surface area (Å²) in [6, 6.07) is 17.7. The first kappa shape index (κ1) is 31.7. The monoisotopic (exact) mass is 626 g/mol. The molecule has 46 heavy (non-hydrogen) atoms. The Morgan fingerprint density at radius 2 is 1.85 bits per heavy atom. The third kappa shape index (κ3) is 7.57. The molecule has 1 saturated carbocycles. The van der Waals surface area contributed by atoms with E-state index in [0.29, 0.717) is 42.1 Å². The van der Waals surface area contributed by atoms with Gasteiger partial charge in [0, 0.05) is 29.8 Å². The molecular weight excluding hydrogens is 586 g/mol. The molecule has 2 amide bonds. The number of carbonyl (C=O) groups excluding carboxylic acids is 2. The molecule has 3 aromatic rings. The standard InChI is InChI=1S/C37H40F2N4O3/c1-46-37(45)42-35(34(25-14-16-28(38)17-15-25)27-7-2-6-26(22-27)24-12-13-24)36(44)41-33-11-3-10-32(39)31(33)19-18-30-23-40-29-8-4-20-43(30)21-5-9-29/h2-3,6-7,10-11,14-17,22,24,29-30,34-35,40H,4,8,12-13,18-21,23H2,1H3,(H,41,44)(H,42,45)/t29?,30?,34-,35-/m0/s1. The Kier molecular flexibility index (Phi) is 9.96. The van der Waals surface area contributed by atoms with Gasteiger partial charge < -0.3 is 20.7 Å². The number of ether oxygens (including phenoxy) is 1. The molecule has 240 valence electrons. The average Bonchev–Trinajstić information content (AvgIpc) is 3.88. The predicted octanol–water partition coefficient (Wildman–Crippen LogP) is 5.71. The Bertz CT molecular complexity index is 1610. The van der Waals surface area contributed by atoms with E-state index in [4.69, 9.17) is 4.74 Å². The van der Waals surface area contributed by atoms with Crippen molar-refractivity contribution in [3.8, 4) is 11.8 Å². The second-order valence-electron chi connectivity index (χ2n) is 12.4. The van der Waals surface area contributed by atoms with Crippen LogP contribution in [0.25, 0.3) is 0 Å². The van der Waals surface area contributed by atoms with E-state index in [1.807, 2.05) is 12.1 Å². The Morgan fingerprint density at radius 1 is 1.04 bits per heavy atom. The zero-order valence-electron chi connectivity index (χ0n) is 26.0. The first-order chi connectivity index (χ1) is 22.4. The summed E-state index contributed by atoms with van der Waals surface area (Å²) < 4.78 is 34.4. The number of anilines is 1. The number of hydrogen-bond donors (Lipinski definition) is 3. The van der Waals surface area contributed by atoms with Crippen molar-refractivity contribution in [2.75, 3.05) is 32.1 Å².